The molecule has 1 atom stereocenters. The second-order valence-corrected chi connectivity index (χ2v) is 6.27. The van der Waals surface area contributed by atoms with E-state index in [1.54, 1.807) is 0 Å². The normalized spacial score (nSPS) is 19.7. The van der Waals surface area contributed by atoms with E-state index in [9.17, 15) is 4.79 Å². The highest BCUT2D eigenvalue weighted by molar-refractivity contribution is 5.93. The van der Waals surface area contributed by atoms with Gasteiger partial charge in [0.15, 0.2) is 0 Å². The zero-order chi connectivity index (χ0) is 15.2. The Labute approximate surface area is 127 Å². The van der Waals surface area contributed by atoms with Gasteiger partial charge in [0.1, 0.15) is 0 Å². The summed E-state index contributed by atoms with van der Waals surface area (Å²) in [5, 5.41) is 3.06. The third-order valence-electron chi connectivity index (χ3n) is 4.16. The predicted octanol–water partition coefficient (Wildman–Crippen LogP) is 2.42. The molecule has 0 bridgehead atoms. The van der Waals surface area contributed by atoms with Gasteiger partial charge in [0.25, 0.3) is 0 Å². The summed E-state index contributed by atoms with van der Waals surface area (Å²) in [4.78, 5) is 14.5. The van der Waals surface area contributed by atoms with Crippen LogP contribution in [0.2, 0.25) is 0 Å². The lowest BCUT2D eigenvalue weighted by atomic mass is 9.98. The van der Waals surface area contributed by atoms with Crippen molar-refractivity contribution in [1.82, 2.24) is 4.90 Å². The van der Waals surface area contributed by atoms with E-state index in [0.717, 1.165) is 25.2 Å². The number of nitrogens with one attached hydrogen (secondary N) is 1. The smallest absolute Gasteiger partial charge is 0.238 e. The average molecular weight is 289 g/mol. The van der Waals surface area contributed by atoms with Crippen LogP contribution in [0.3, 0.4) is 0 Å². The molecule has 0 spiro atoms. The first-order chi connectivity index (χ1) is 10.1. The molecule has 4 heteroatoms. The summed E-state index contributed by atoms with van der Waals surface area (Å²) in [6.07, 6.45) is 2.32. The summed E-state index contributed by atoms with van der Waals surface area (Å²) in [7, 11) is 0. The number of likely N-dealkylation sites (tertiary alicyclic amines) is 1. The van der Waals surface area contributed by atoms with Crippen molar-refractivity contribution in [2.24, 2.45) is 11.7 Å². The molecule has 1 heterocycles. The first-order valence-corrected chi connectivity index (χ1v) is 7.91. The van der Waals surface area contributed by atoms with Crippen LogP contribution in [0, 0.1) is 5.92 Å². The Morgan fingerprint density at radius 1 is 1.43 bits per heavy atom. The van der Waals surface area contributed by atoms with Gasteiger partial charge in [-0.15, -0.1) is 0 Å². The molecule has 1 fully saturated rings. The molecule has 1 saturated heterocycles. The van der Waals surface area contributed by atoms with Gasteiger partial charge in [-0.05, 0) is 49.4 Å². The van der Waals surface area contributed by atoms with Gasteiger partial charge < -0.3 is 11.1 Å². The number of amides is 1. The van der Waals surface area contributed by atoms with Crippen LogP contribution in [0.15, 0.2) is 24.3 Å². The molecule has 0 radical (unpaired) electrons. The summed E-state index contributed by atoms with van der Waals surface area (Å²) in [5.41, 5.74) is 7.87. The molecular weight excluding hydrogens is 262 g/mol. The highest BCUT2D eigenvalue weighted by Gasteiger charge is 2.20. The maximum atomic E-state index is 12.3. The van der Waals surface area contributed by atoms with Gasteiger partial charge in [0.2, 0.25) is 5.91 Å². The molecule has 3 N–H and O–H groups in total. The lowest BCUT2D eigenvalue weighted by Gasteiger charge is -2.31. The zero-order valence-corrected chi connectivity index (χ0v) is 13.1. The van der Waals surface area contributed by atoms with Gasteiger partial charge in [-0.3, -0.25) is 9.69 Å². The fraction of sp³-hybridized carbons (Fsp3) is 0.588. The molecule has 0 aromatic heterocycles. The quantitative estimate of drug-likeness (QED) is 0.875. The fourth-order valence-electron chi connectivity index (χ4n) is 2.99. The standard InChI is InChI=1S/C17H27N3O/c1-13(2)15-7-3-4-8-16(15)19-17(21)12-20-9-5-6-14(10-18)11-20/h3-4,7-8,13-14H,5-6,9-12,18H2,1-2H3,(H,19,21). The van der Waals surface area contributed by atoms with Crippen molar-refractivity contribution in [2.75, 3.05) is 31.5 Å². The maximum Gasteiger partial charge on any atom is 0.238 e. The molecule has 1 aliphatic rings. The Bertz CT molecular complexity index is 473. The number of benzene rings is 1. The zero-order valence-electron chi connectivity index (χ0n) is 13.1. The van der Waals surface area contributed by atoms with Gasteiger partial charge >= 0.3 is 0 Å². The molecule has 1 amide bonds. The number of nitrogens with two attached hydrogens (primary N) is 1. The molecular formula is C17H27N3O. The minimum absolute atomic E-state index is 0.0702. The largest absolute Gasteiger partial charge is 0.330 e. The molecule has 2 rings (SSSR count). The van der Waals surface area contributed by atoms with Crippen molar-refractivity contribution in [3.05, 3.63) is 29.8 Å². The van der Waals surface area contributed by atoms with Crippen molar-refractivity contribution < 1.29 is 4.79 Å². The molecule has 1 aromatic rings. The van der Waals surface area contributed by atoms with Crippen LogP contribution < -0.4 is 11.1 Å². The molecule has 116 valence electrons. The summed E-state index contributed by atoms with van der Waals surface area (Å²) in [6.45, 7) is 7.39. The number of carbonyl (C=O) groups excluding carboxylic acids is 1. The average Bonchev–Trinajstić information content (AvgIpc) is 2.47. The molecule has 0 aliphatic carbocycles. The van der Waals surface area contributed by atoms with Crippen molar-refractivity contribution in [3.8, 4) is 0 Å². The van der Waals surface area contributed by atoms with Gasteiger partial charge in [-0.1, -0.05) is 32.0 Å². The second-order valence-electron chi connectivity index (χ2n) is 6.27. The number of para-hydroxylation sites is 1. The van der Waals surface area contributed by atoms with Gasteiger partial charge in [0.05, 0.1) is 6.54 Å². The Kier molecular flexibility index (Phi) is 5.76. The third-order valence-corrected chi connectivity index (χ3v) is 4.16. The van der Waals surface area contributed by atoms with Crippen LogP contribution in [-0.4, -0.2) is 37.0 Å². The number of nitrogens with zero attached hydrogens (tertiary/aromatic N) is 1. The van der Waals surface area contributed by atoms with E-state index in [0.29, 0.717) is 24.9 Å². The molecule has 4 nitrogen and oxygen atoms in total. The summed E-state index contributed by atoms with van der Waals surface area (Å²) in [6, 6.07) is 8.03. The van der Waals surface area contributed by atoms with E-state index in [2.05, 4.69) is 30.1 Å². The summed E-state index contributed by atoms with van der Waals surface area (Å²) >= 11 is 0. The third kappa shape index (κ3) is 4.55. The topological polar surface area (TPSA) is 58.4 Å². The summed E-state index contributed by atoms with van der Waals surface area (Å²) < 4.78 is 0. The highest BCUT2D eigenvalue weighted by Crippen LogP contribution is 2.23. The van der Waals surface area contributed by atoms with Crippen LogP contribution in [0.5, 0.6) is 0 Å². The van der Waals surface area contributed by atoms with Gasteiger partial charge in [-0.2, -0.15) is 0 Å². The van der Waals surface area contributed by atoms with Crippen molar-refractivity contribution in [2.45, 2.75) is 32.6 Å². The Hall–Kier alpha value is -1.39. The van der Waals surface area contributed by atoms with Gasteiger partial charge in [0, 0.05) is 12.2 Å². The first kappa shape index (κ1) is 16.0. The maximum absolute atomic E-state index is 12.3. The van der Waals surface area contributed by atoms with E-state index in [1.807, 2.05) is 18.2 Å². The predicted molar refractivity (Wildman–Crippen MR) is 87.4 cm³/mol. The molecule has 0 saturated carbocycles. The number of piperidine rings is 1. The number of hydrogen-bond acceptors (Lipinski definition) is 3. The molecule has 1 aliphatic heterocycles. The van der Waals surface area contributed by atoms with E-state index in [-0.39, 0.29) is 5.91 Å². The minimum Gasteiger partial charge on any atom is -0.330 e. The van der Waals surface area contributed by atoms with E-state index < -0.39 is 0 Å². The lowest BCUT2D eigenvalue weighted by molar-refractivity contribution is -0.117. The van der Waals surface area contributed by atoms with Crippen LogP contribution in [0.1, 0.15) is 38.2 Å². The fourth-order valence-corrected chi connectivity index (χ4v) is 2.99. The minimum atomic E-state index is 0.0702. The van der Waals surface area contributed by atoms with Crippen LogP contribution in [-0.2, 0) is 4.79 Å². The molecule has 21 heavy (non-hydrogen) atoms. The van der Waals surface area contributed by atoms with Gasteiger partial charge in [-0.25, -0.2) is 0 Å². The molecule has 1 unspecified atom stereocenters. The Balaban J connectivity index is 1.93. The van der Waals surface area contributed by atoms with E-state index in [1.165, 1.54) is 12.0 Å². The number of carbonyl (C=O) groups is 1. The van der Waals surface area contributed by atoms with Crippen LogP contribution in [0.4, 0.5) is 5.69 Å². The van der Waals surface area contributed by atoms with Crippen LogP contribution >= 0.6 is 0 Å². The van der Waals surface area contributed by atoms with Crippen molar-refractivity contribution in [3.63, 3.8) is 0 Å². The van der Waals surface area contributed by atoms with E-state index in [4.69, 9.17) is 5.73 Å². The van der Waals surface area contributed by atoms with Crippen molar-refractivity contribution >= 4 is 11.6 Å². The monoisotopic (exact) mass is 289 g/mol. The molecule has 1 aromatic carbocycles. The Morgan fingerprint density at radius 2 is 2.19 bits per heavy atom. The number of anilines is 1. The van der Waals surface area contributed by atoms with E-state index >= 15 is 0 Å². The van der Waals surface area contributed by atoms with Crippen LogP contribution in [0.25, 0.3) is 0 Å². The lowest BCUT2D eigenvalue weighted by Crippen LogP contribution is -2.42. The Morgan fingerprint density at radius 3 is 2.90 bits per heavy atom. The number of hydrogen-bond donors (Lipinski definition) is 2. The SMILES string of the molecule is CC(C)c1ccccc1NC(=O)CN1CCCC(CN)C1. The second kappa shape index (κ2) is 7.57. The first-order valence-electron chi connectivity index (χ1n) is 7.91. The highest BCUT2D eigenvalue weighted by atomic mass is 16.2. The number of rotatable bonds is 5. The van der Waals surface area contributed by atoms with Crippen molar-refractivity contribution in [1.29, 1.82) is 0 Å². The summed E-state index contributed by atoms with van der Waals surface area (Å²) in [5.74, 6) is 1.01.